The van der Waals surface area contributed by atoms with E-state index in [2.05, 4.69) is 89.7 Å². The molecule has 0 amide bonds. The fourth-order valence-electron chi connectivity index (χ4n) is 9.00. The number of rotatable bonds is 18. The highest BCUT2D eigenvalue weighted by atomic mass is 32.2. The molecule has 7 nitrogen and oxygen atoms in total. The number of ketones is 2. The van der Waals surface area contributed by atoms with Crippen molar-refractivity contribution in [3.63, 3.8) is 0 Å². The van der Waals surface area contributed by atoms with E-state index in [0.717, 1.165) is 39.8 Å². The van der Waals surface area contributed by atoms with Crippen molar-refractivity contribution < 1.29 is 33.0 Å². The maximum atomic E-state index is 15.7. The van der Waals surface area contributed by atoms with Crippen molar-refractivity contribution in [1.29, 1.82) is 0 Å². The molecule has 1 saturated carbocycles. The summed E-state index contributed by atoms with van der Waals surface area (Å²) in [5.41, 5.74) is -0.837. The van der Waals surface area contributed by atoms with Gasteiger partial charge in [-0.25, -0.2) is 0 Å². The Hall–Kier alpha value is -3.31. The van der Waals surface area contributed by atoms with Gasteiger partial charge < -0.3 is 18.6 Å². The van der Waals surface area contributed by atoms with E-state index in [1.54, 1.807) is 30.6 Å². The van der Waals surface area contributed by atoms with Gasteiger partial charge in [0.05, 0.1) is 20.8 Å². The van der Waals surface area contributed by atoms with Crippen molar-refractivity contribution in [2.45, 2.75) is 75.8 Å². The third-order valence-electron chi connectivity index (χ3n) is 11.8. The van der Waals surface area contributed by atoms with E-state index in [9.17, 15) is 9.59 Å². The first-order valence-electron chi connectivity index (χ1n) is 19.8. The number of methoxy groups -OCH3 is 2. The minimum Gasteiger partial charge on any atom is -0.497 e. The number of allylic oxidation sites excluding steroid dienone is 1. The number of hydrogen-bond acceptors (Lipinski definition) is 9. The van der Waals surface area contributed by atoms with Crippen LogP contribution in [0, 0.1) is 29.1 Å². The van der Waals surface area contributed by atoms with Crippen LogP contribution in [0.15, 0.2) is 97.6 Å². The molecule has 3 aromatic rings. The number of hydrogen-bond donors (Lipinski definition) is 0. The van der Waals surface area contributed by atoms with Crippen LogP contribution in [-0.4, -0.2) is 68.9 Å². The average molecular weight is 817 g/mol. The summed E-state index contributed by atoms with van der Waals surface area (Å²) in [4.78, 5) is 43.7. The number of carbonyl (C=O) groups is 3. The predicted octanol–water partition coefficient (Wildman–Crippen LogP) is 8.78. The van der Waals surface area contributed by atoms with Gasteiger partial charge in [0.25, 0.3) is 8.32 Å². The molecule has 1 aliphatic heterocycles. The van der Waals surface area contributed by atoms with Gasteiger partial charge in [0.15, 0.2) is 5.78 Å². The van der Waals surface area contributed by atoms with Crippen LogP contribution < -0.4 is 19.8 Å². The van der Waals surface area contributed by atoms with Crippen LogP contribution in [0.1, 0.15) is 66.7 Å². The summed E-state index contributed by atoms with van der Waals surface area (Å²) in [6.45, 7) is 15.6. The largest absolute Gasteiger partial charge is 0.497 e. The van der Waals surface area contributed by atoms with Gasteiger partial charge in [-0.05, 0) is 88.7 Å². The number of benzene rings is 3. The maximum absolute atomic E-state index is 15.7. The van der Waals surface area contributed by atoms with Crippen molar-refractivity contribution in [2.24, 2.45) is 29.1 Å². The van der Waals surface area contributed by atoms with E-state index in [4.69, 9.17) is 18.6 Å². The molecule has 10 heteroatoms. The average Bonchev–Trinajstić information content (AvgIpc) is 3.47. The van der Waals surface area contributed by atoms with Crippen molar-refractivity contribution in [3.8, 4) is 11.5 Å². The Morgan fingerprint density at radius 2 is 1.48 bits per heavy atom. The fourth-order valence-corrected chi connectivity index (χ4v) is 17.3. The summed E-state index contributed by atoms with van der Waals surface area (Å²) in [5, 5.41) is 1.96. The minimum absolute atomic E-state index is 0.0527. The molecule has 0 spiro atoms. The van der Waals surface area contributed by atoms with Crippen LogP contribution in [0.3, 0.4) is 0 Å². The summed E-state index contributed by atoms with van der Waals surface area (Å²) in [5.74, 6) is 0.174. The molecule has 2 fully saturated rings. The number of esters is 1. The lowest BCUT2D eigenvalue weighted by molar-refractivity contribution is -0.152. The molecular formula is C46H60O7S2Si. The molecule has 0 radical (unpaired) electrons. The number of ether oxygens (including phenoxy) is 3. The first kappa shape index (κ1) is 43.8. The Bertz CT molecular complexity index is 1730. The zero-order chi connectivity index (χ0) is 40.6. The first-order chi connectivity index (χ1) is 26.8. The summed E-state index contributed by atoms with van der Waals surface area (Å²) in [6.07, 6.45) is 4.66. The van der Waals surface area contributed by atoms with Gasteiger partial charge in [0.1, 0.15) is 27.3 Å². The quantitative estimate of drug-likeness (QED) is 0.0542. The monoisotopic (exact) mass is 816 g/mol. The van der Waals surface area contributed by atoms with Crippen molar-refractivity contribution in [2.75, 3.05) is 38.9 Å². The lowest BCUT2D eigenvalue weighted by Gasteiger charge is -2.48. The van der Waals surface area contributed by atoms with E-state index >= 15 is 4.79 Å². The van der Waals surface area contributed by atoms with Crippen LogP contribution >= 0.6 is 23.5 Å². The highest BCUT2D eigenvalue weighted by Gasteiger charge is 2.62. The molecule has 3 aromatic carbocycles. The normalized spacial score (nSPS) is 22.2. The lowest BCUT2D eigenvalue weighted by Crippen LogP contribution is -2.67. The Balaban J connectivity index is 1.55. The van der Waals surface area contributed by atoms with Crippen LogP contribution in [0.4, 0.5) is 0 Å². The summed E-state index contributed by atoms with van der Waals surface area (Å²) < 4.78 is 23.6. The van der Waals surface area contributed by atoms with E-state index < -0.39 is 41.5 Å². The number of thioether (sulfide) groups is 2. The maximum Gasteiger partial charge on any atom is 0.316 e. The topological polar surface area (TPSA) is 88.1 Å². The summed E-state index contributed by atoms with van der Waals surface area (Å²) in [6, 6.07) is 28.4. The SMILES string of the molecule is C=CCC[C@H](C(=O)C1([C@@H](C)CCOc2ccc(OC)cc2)SCCCS1)[C@H]1[C@H](C(=O)OC)C(=O)C[C@]1(C)CO[Si](c1ccccc1)(c1ccccc1)C(C)(C)C. The third-order valence-corrected chi connectivity index (χ3v) is 20.6. The van der Waals surface area contributed by atoms with E-state index in [0.29, 0.717) is 25.9 Å². The Morgan fingerprint density at radius 1 is 0.911 bits per heavy atom. The van der Waals surface area contributed by atoms with Gasteiger partial charge in [-0.15, -0.1) is 30.1 Å². The van der Waals surface area contributed by atoms with Crippen molar-refractivity contribution in [1.82, 2.24) is 0 Å². The van der Waals surface area contributed by atoms with Gasteiger partial charge >= 0.3 is 5.97 Å². The van der Waals surface area contributed by atoms with Gasteiger partial charge in [-0.1, -0.05) is 101 Å². The highest BCUT2D eigenvalue weighted by molar-refractivity contribution is 8.20. The van der Waals surface area contributed by atoms with E-state index in [-0.39, 0.29) is 35.6 Å². The van der Waals surface area contributed by atoms with E-state index in [1.807, 2.05) is 42.5 Å². The minimum atomic E-state index is -3.03. The molecule has 0 unspecified atom stereocenters. The van der Waals surface area contributed by atoms with Gasteiger partial charge in [0.2, 0.25) is 0 Å². The van der Waals surface area contributed by atoms with Gasteiger partial charge in [-0.3, -0.25) is 14.4 Å². The van der Waals surface area contributed by atoms with Crippen LogP contribution in [0.2, 0.25) is 5.04 Å². The molecule has 0 aromatic heterocycles. The highest BCUT2D eigenvalue weighted by Crippen LogP contribution is 2.57. The summed E-state index contributed by atoms with van der Waals surface area (Å²) >= 11 is 3.44. The Morgan fingerprint density at radius 3 is 2.00 bits per heavy atom. The molecule has 2 aliphatic rings. The van der Waals surface area contributed by atoms with E-state index in [1.165, 1.54) is 7.11 Å². The van der Waals surface area contributed by atoms with Gasteiger partial charge in [-0.2, -0.15) is 0 Å². The number of carbonyl (C=O) groups excluding carboxylic acids is 3. The van der Waals surface area contributed by atoms with Crippen LogP contribution in [-0.2, 0) is 23.5 Å². The molecule has 0 N–H and O–H groups in total. The molecule has 1 aliphatic carbocycles. The second kappa shape index (κ2) is 19.0. The first-order valence-corrected chi connectivity index (χ1v) is 23.7. The molecule has 56 heavy (non-hydrogen) atoms. The molecule has 5 rings (SSSR count). The lowest BCUT2D eigenvalue weighted by atomic mass is 9.66. The molecule has 5 atom stereocenters. The van der Waals surface area contributed by atoms with Crippen molar-refractivity contribution >= 4 is 59.8 Å². The Labute approximate surface area is 344 Å². The zero-order valence-electron chi connectivity index (χ0n) is 34.2. The number of Topliss-reactive ketones (excluding diaryl/α,β-unsaturated/α-hetero) is 2. The van der Waals surface area contributed by atoms with Gasteiger partial charge in [0, 0.05) is 24.4 Å². The van der Waals surface area contributed by atoms with Crippen LogP contribution in [0.5, 0.6) is 11.5 Å². The second-order valence-corrected chi connectivity index (χ2v) is 23.8. The molecule has 0 bridgehead atoms. The Kier molecular flexibility index (Phi) is 14.8. The zero-order valence-corrected chi connectivity index (χ0v) is 36.8. The fraction of sp³-hybridized carbons (Fsp3) is 0.500. The second-order valence-electron chi connectivity index (χ2n) is 16.5. The predicted molar refractivity (Wildman–Crippen MR) is 233 cm³/mol. The standard InChI is InChI=1S/C46H60O7S2Si/c1-9-10-22-38(42(48)46(54-29-17-30-55-46)33(2)27-28-52-35-25-23-34(50-7)24-26-35)41-40(43(49)51-8)39(47)31-45(41,6)32-53-56(44(3,4)5,36-18-13-11-14-19-36)37-20-15-12-16-21-37/h9,11-16,18-21,23-26,33,38,40-41H,1,10,17,22,27-32H2,2-8H3/t33-,38-,40+,41-,45+/m0/s1. The molecule has 1 heterocycles. The molecular weight excluding hydrogens is 757 g/mol. The summed E-state index contributed by atoms with van der Waals surface area (Å²) in [7, 11) is -0.0617. The molecule has 302 valence electrons. The molecule has 1 saturated heterocycles. The van der Waals surface area contributed by atoms with Crippen molar-refractivity contribution in [3.05, 3.63) is 97.6 Å². The third kappa shape index (κ3) is 9.03. The smallest absolute Gasteiger partial charge is 0.316 e. The van der Waals surface area contributed by atoms with Crippen LogP contribution in [0.25, 0.3) is 0 Å².